The van der Waals surface area contributed by atoms with Gasteiger partial charge < -0.3 is 0 Å². The van der Waals surface area contributed by atoms with Crippen LogP contribution in [0.2, 0.25) is 11.6 Å². The molecule has 1 aromatic rings. The number of rotatable bonds is 6. The molecule has 0 radical (unpaired) electrons. The molecule has 0 aliphatic heterocycles. The normalized spacial score (nSPS) is 13.6. The van der Waals surface area contributed by atoms with Crippen LogP contribution in [0.3, 0.4) is 0 Å². The lowest BCUT2D eigenvalue weighted by atomic mass is 10.1. The van der Waals surface area contributed by atoms with E-state index in [9.17, 15) is 0 Å². The molecule has 0 heterocycles. The van der Waals surface area contributed by atoms with Gasteiger partial charge in [-0.15, -0.1) is 0 Å². The maximum Gasteiger partial charge on any atom is 0.0232 e. The van der Waals surface area contributed by atoms with E-state index in [0.717, 1.165) is 5.54 Å². The highest BCUT2D eigenvalue weighted by Crippen LogP contribution is 2.14. The summed E-state index contributed by atoms with van der Waals surface area (Å²) in [4.78, 5) is 0. The summed E-state index contributed by atoms with van der Waals surface area (Å²) < 4.78 is 0. The molecular weight excluding hydrogens is 184 g/mol. The Balaban J connectivity index is 2.23. The average molecular weight is 206 g/mol. The van der Waals surface area contributed by atoms with E-state index in [1.54, 1.807) is 0 Å². The van der Waals surface area contributed by atoms with E-state index in [1.165, 1.54) is 30.9 Å². The third kappa shape index (κ3) is 4.61. The first-order chi connectivity index (χ1) is 6.83. The summed E-state index contributed by atoms with van der Waals surface area (Å²) in [6.07, 6.45) is 4.12. The van der Waals surface area contributed by atoms with Gasteiger partial charge in [0.1, 0.15) is 0 Å². The van der Waals surface area contributed by atoms with Crippen molar-refractivity contribution in [2.75, 3.05) is 0 Å². The molecule has 0 bridgehead atoms. The summed E-state index contributed by atoms with van der Waals surface area (Å²) in [5, 5.41) is 0. The zero-order valence-corrected chi connectivity index (χ0v) is 10.9. The van der Waals surface area contributed by atoms with Gasteiger partial charge in [0.15, 0.2) is 0 Å². The van der Waals surface area contributed by atoms with Crippen LogP contribution < -0.4 is 0 Å². The molecule has 1 unspecified atom stereocenters. The van der Waals surface area contributed by atoms with Crippen LogP contribution >= 0.6 is 0 Å². The van der Waals surface area contributed by atoms with Crippen molar-refractivity contribution in [2.24, 2.45) is 0 Å². The minimum Gasteiger partial charge on any atom is -0.0654 e. The molecule has 1 atom stereocenters. The van der Waals surface area contributed by atoms with Gasteiger partial charge in [0.2, 0.25) is 0 Å². The van der Waals surface area contributed by atoms with Crippen LogP contribution in [-0.4, -0.2) is 9.52 Å². The fourth-order valence-corrected chi connectivity index (χ4v) is 3.88. The molecule has 0 spiro atoms. The molecule has 0 fully saturated rings. The molecule has 0 nitrogen and oxygen atoms in total. The first kappa shape index (κ1) is 11.5. The maximum absolute atomic E-state index is 2.43. The molecule has 1 aromatic carbocycles. The van der Waals surface area contributed by atoms with Crippen LogP contribution in [0, 0.1) is 0 Å². The molecule has 1 rings (SSSR count). The minimum atomic E-state index is 0.181. The van der Waals surface area contributed by atoms with Gasteiger partial charge in [-0.05, 0) is 17.5 Å². The van der Waals surface area contributed by atoms with Crippen molar-refractivity contribution in [3.05, 3.63) is 35.9 Å². The van der Waals surface area contributed by atoms with Crippen LogP contribution in [0.1, 0.15) is 32.3 Å². The van der Waals surface area contributed by atoms with Gasteiger partial charge in [-0.25, -0.2) is 0 Å². The van der Waals surface area contributed by atoms with Crippen molar-refractivity contribution in [1.29, 1.82) is 0 Å². The Morgan fingerprint density at radius 2 is 1.93 bits per heavy atom. The van der Waals surface area contributed by atoms with E-state index < -0.39 is 0 Å². The Kier molecular flexibility index (Phi) is 5.61. The van der Waals surface area contributed by atoms with E-state index in [0.29, 0.717) is 0 Å². The highest BCUT2D eigenvalue weighted by Gasteiger charge is 2.03. The van der Waals surface area contributed by atoms with Gasteiger partial charge in [0.05, 0.1) is 0 Å². The lowest BCUT2D eigenvalue weighted by molar-refractivity contribution is 0.846. The Labute approximate surface area is 90.6 Å². The first-order valence-corrected chi connectivity index (χ1v) is 7.68. The second-order valence-corrected chi connectivity index (χ2v) is 6.97. The molecule has 0 N–H and O–H groups in total. The van der Waals surface area contributed by atoms with E-state index in [2.05, 4.69) is 44.2 Å². The van der Waals surface area contributed by atoms with Crippen molar-refractivity contribution in [1.82, 2.24) is 0 Å². The predicted octanol–water partition coefficient (Wildman–Crippen LogP) is 3.42. The summed E-state index contributed by atoms with van der Waals surface area (Å²) in [6, 6.07) is 12.4. The molecule has 78 valence electrons. The van der Waals surface area contributed by atoms with Crippen molar-refractivity contribution in [3.63, 3.8) is 0 Å². The SMILES string of the molecule is CCCC[SiH2]C(C)Cc1ccccc1. The largest absolute Gasteiger partial charge is 0.0654 e. The van der Waals surface area contributed by atoms with Crippen molar-refractivity contribution >= 4 is 9.52 Å². The Hall–Kier alpha value is -0.563. The number of benzene rings is 1. The molecule has 0 saturated carbocycles. The highest BCUT2D eigenvalue weighted by atomic mass is 28.2. The first-order valence-electron chi connectivity index (χ1n) is 5.87. The molecule has 0 aliphatic rings. The monoisotopic (exact) mass is 206 g/mol. The Morgan fingerprint density at radius 3 is 2.57 bits per heavy atom. The maximum atomic E-state index is 2.43. The van der Waals surface area contributed by atoms with Crippen molar-refractivity contribution < 1.29 is 0 Å². The standard InChI is InChI=1S/C13H22Si/c1-3-4-10-14-12(2)11-13-8-6-5-7-9-13/h5-9,12H,3-4,10-11,14H2,1-2H3. The second kappa shape index (κ2) is 6.83. The molecule has 0 saturated heterocycles. The predicted molar refractivity (Wildman–Crippen MR) is 67.8 cm³/mol. The Bertz CT molecular complexity index is 230. The van der Waals surface area contributed by atoms with Crippen LogP contribution in [0.5, 0.6) is 0 Å². The molecule has 14 heavy (non-hydrogen) atoms. The third-order valence-electron chi connectivity index (χ3n) is 2.73. The van der Waals surface area contributed by atoms with Crippen molar-refractivity contribution in [2.45, 2.75) is 44.7 Å². The quantitative estimate of drug-likeness (QED) is 0.494. The summed E-state index contributed by atoms with van der Waals surface area (Å²) >= 11 is 0. The van der Waals surface area contributed by atoms with Crippen LogP contribution in [0.15, 0.2) is 30.3 Å². The van der Waals surface area contributed by atoms with Gasteiger partial charge in [0, 0.05) is 9.52 Å². The van der Waals surface area contributed by atoms with E-state index in [1.807, 2.05) is 0 Å². The highest BCUT2D eigenvalue weighted by molar-refractivity contribution is 6.37. The van der Waals surface area contributed by atoms with Gasteiger partial charge in [0.25, 0.3) is 0 Å². The smallest absolute Gasteiger partial charge is 0.0232 e. The summed E-state index contributed by atoms with van der Waals surface area (Å²) in [5.41, 5.74) is 2.49. The fourth-order valence-electron chi connectivity index (χ4n) is 1.86. The third-order valence-corrected chi connectivity index (χ3v) is 4.91. The fraction of sp³-hybridized carbons (Fsp3) is 0.538. The molecule has 0 aliphatic carbocycles. The van der Waals surface area contributed by atoms with Gasteiger partial charge in [-0.1, -0.05) is 63.1 Å². The molecular formula is C13H22Si. The van der Waals surface area contributed by atoms with Crippen LogP contribution in [0.4, 0.5) is 0 Å². The van der Waals surface area contributed by atoms with E-state index in [4.69, 9.17) is 0 Å². The summed E-state index contributed by atoms with van der Waals surface area (Å²) in [7, 11) is 0.181. The number of unbranched alkanes of at least 4 members (excludes halogenated alkanes) is 1. The Morgan fingerprint density at radius 1 is 1.21 bits per heavy atom. The minimum absolute atomic E-state index is 0.181. The molecule has 0 aromatic heterocycles. The van der Waals surface area contributed by atoms with Crippen molar-refractivity contribution in [3.8, 4) is 0 Å². The zero-order valence-electron chi connectivity index (χ0n) is 9.50. The van der Waals surface area contributed by atoms with E-state index in [-0.39, 0.29) is 9.52 Å². The number of hydrogen-bond acceptors (Lipinski definition) is 0. The van der Waals surface area contributed by atoms with Crippen LogP contribution in [0.25, 0.3) is 0 Å². The summed E-state index contributed by atoms with van der Waals surface area (Å²) in [6.45, 7) is 4.71. The van der Waals surface area contributed by atoms with Crippen LogP contribution in [-0.2, 0) is 6.42 Å². The number of hydrogen-bond donors (Lipinski definition) is 0. The summed E-state index contributed by atoms with van der Waals surface area (Å²) in [5.74, 6) is 0. The zero-order chi connectivity index (χ0) is 10.2. The topological polar surface area (TPSA) is 0 Å². The lowest BCUT2D eigenvalue weighted by Gasteiger charge is -2.09. The second-order valence-electron chi connectivity index (χ2n) is 4.29. The van der Waals surface area contributed by atoms with Gasteiger partial charge in [-0.3, -0.25) is 0 Å². The van der Waals surface area contributed by atoms with Gasteiger partial charge in [-0.2, -0.15) is 0 Å². The molecule has 1 heteroatoms. The lowest BCUT2D eigenvalue weighted by Crippen LogP contribution is -2.02. The molecule has 0 amide bonds. The van der Waals surface area contributed by atoms with Gasteiger partial charge >= 0.3 is 0 Å². The average Bonchev–Trinajstić information content (AvgIpc) is 2.20. The van der Waals surface area contributed by atoms with E-state index >= 15 is 0 Å².